The Morgan fingerprint density at radius 2 is 1.62 bits per heavy atom. The van der Waals surface area contributed by atoms with Crippen molar-refractivity contribution in [3.63, 3.8) is 0 Å². The van der Waals surface area contributed by atoms with Crippen LogP contribution < -0.4 is 11.1 Å². The summed E-state index contributed by atoms with van der Waals surface area (Å²) in [6, 6.07) is 7.25. The van der Waals surface area contributed by atoms with E-state index in [-0.39, 0.29) is 57.9 Å². The third-order valence-corrected chi connectivity index (χ3v) is 6.01. The van der Waals surface area contributed by atoms with Crippen LogP contribution in [0.3, 0.4) is 0 Å². The van der Waals surface area contributed by atoms with E-state index >= 15 is 0 Å². The number of nitrogens with one attached hydrogen (secondary N) is 1. The number of carbonyl (C=O) groups excluding carboxylic acids is 5. The zero-order valence-corrected chi connectivity index (χ0v) is 22.0. The lowest BCUT2D eigenvalue weighted by molar-refractivity contribution is -0.158. The van der Waals surface area contributed by atoms with Crippen LogP contribution in [0.4, 0.5) is 10.5 Å². The van der Waals surface area contributed by atoms with E-state index < -0.39 is 42.5 Å². The summed E-state index contributed by atoms with van der Waals surface area (Å²) in [5.41, 5.74) is 7.07. The summed E-state index contributed by atoms with van der Waals surface area (Å²) < 4.78 is 14.7. The first kappa shape index (κ1) is 29.1. The van der Waals surface area contributed by atoms with E-state index in [1.54, 1.807) is 38.1 Å². The van der Waals surface area contributed by atoms with Gasteiger partial charge in [-0.05, 0) is 44.5 Å². The number of benzene rings is 1. The molecule has 13 heteroatoms. The lowest BCUT2D eigenvalue weighted by Crippen LogP contribution is -2.56. The number of carbonyl (C=O) groups is 5. The number of amides is 3. The molecule has 1 aromatic heterocycles. The molecular formula is C26H33N5O8. The Hall–Kier alpha value is -4.42. The van der Waals surface area contributed by atoms with Gasteiger partial charge >= 0.3 is 18.0 Å². The molecule has 1 unspecified atom stereocenters. The Kier molecular flexibility index (Phi) is 10.4. The van der Waals surface area contributed by atoms with Gasteiger partial charge in [0.2, 0.25) is 5.91 Å². The minimum atomic E-state index is -1.08. The minimum absolute atomic E-state index is 0.0721. The third kappa shape index (κ3) is 8.03. The van der Waals surface area contributed by atoms with Gasteiger partial charge in [-0.25, -0.2) is 14.6 Å². The highest BCUT2D eigenvalue weighted by atomic mass is 16.6. The van der Waals surface area contributed by atoms with Crippen LogP contribution in [0.25, 0.3) is 10.9 Å². The van der Waals surface area contributed by atoms with Gasteiger partial charge in [-0.2, -0.15) is 0 Å². The van der Waals surface area contributed by atoms with Crippen molar-refractivity contribution < 1.29 is 38.2 Å². The van der Waals surface area contributed by atoms with Crippen molar-refractivity contribution in [2.45, 2.75) is 32.7 Å². The largest absolute Gasteiger partial charge is 0.463 e. The number of hydrogen-bond acceptors (Lipinski definition) is 10. The maximum absolute atomic E-state index is 13.4. The van der Waals surface area contributed by atoms with Gasteiger partial charge in [0, 0.05) is 43.7 Å². The first-order chi connectivity index (χ1) is 18.7. The van der Waals surface area contributed by atoms with Gasteiger partial charge < -0.3 is 35.1 Å². The van der Waals surface area contributed by atoms with Crippen molar-refractivity contribution in [1.29, 1.82) is 0 Å². The van der Waals surface area contributed by atoms with E-state index in [2.05, 4.69) is 10.3 Å². The second-order valence-corrected chi connectivity index (χ2v) is 8.65. The van der Waals surface area contributed by atoms with Crippen LogP contribution in [-0.2, 0) is 28.6 Å². The molecule has 210 valence electrons. The Labute approximate surface area is 225 Å². The molecule has 0 radical (unpaired) electrons. The average molecular weight is 544 g/mol. The zero-order valence-electron chi connectivity index (χ0n) is 22.0. The van der Waals surface area contributed by atoms with Crippen LogP contribution in [0.5, 0.6) is 0 Å². The number of piperazine rings is 1. The van der Waals surface area contributed by atoms with Crippen molar-refractivity contribution in [1.82, 2.24) is 20.1 Å². The van der Waals surface area contributed by atoms with Crippen LogP contribution in [0.2, 0.25) is 0 Å². The van der Waals surface area contributed by atoms with Gasteiger partial charge in [0.25, 0.3) is 5.91 Å². The normalized spacial score (nSPS) is 13.9. The van der Waals surface area contributed by atoms with Gasteiger partial charge in [0.1, 0.15) is 11.7 Å². The first-order valence-corrected chi connectivity index (χ1v) is 12.7. The smallest absolute Gasteiger partial charge is 0.409 e. The van der Waals surface area contributed by atoms with Crippen molar-refractivity contribution in [3.8, 4) is 0 Å². The molecule has 1 aliphatic rings. The van der Waals surface area contributed by atoms with Gasteiger partial charge in [-0.15, -0.1) is 0 Å². The van der Waals surface area contributed by atoms with Crippen LogP contribution in [0.15, 0.2) is 30.3 Å². The Morgan fingerprint density at radius 1 is 0.923 bits per heavy atom. The quantitative estimate of drug-likeness (QED) is 0.251. The second kappa shape index (κ2) is 13.9. The molecule has 0 spiro atoms. The number of fused-ring (bicyclic) bond motifs is 1. The van der Waals surface area contributed by atoms with Gasteiger partial charge in [-0.1, -0.05) is 6.07 Å². The topological polar surface area (TPSA) is 170 Å². The highest BCUT2D eigenvalue weighted by Crippen LogP contribution is 2.19. The summed E-state index contributed by atoms with van der Waals surface area (Å²) in [4.78, 5) is 69.5. The van der Waals surface area contributed by atoms with Crippen LogP contribution in [-0.4, -0.2) is 96.7 Å². The van der Waals surface area contributed by atoms with Crippen LogP contribution in [0.1, 0.15) is 37.2 Å². The Balaban J connectivity index is 1.69. The SMILES string of the molecule is CCOC(=O)COC(=O)CCC(NC(=O)c1ccc2c(N)cccc2n1)C(=O)N1CCN(C(=O)OCC)CC1. The van der Waals surface area contributed by atoms with E-state index in [0.29, 0.717) is 16.6 Å². The minimum Gasteiger partial charge on any atom is -0.463 e. The van der Waals surface area contributed by atoms with E-state index in [4.69, 9.17) is 19.9 Å². The monoisotopic (exact) mass is 543 g/mol. The van der Waals surface area contributed by atoms with Crippen LogP contribution >= 0.6 is 0 Å². The number of esters is 2. The highest BCUT2D eigenvalue weighted by molar-refractivity contribution is 5.99. The summed E-state index contributed by atoms with van der Waals surface area (Å²) in [5.74, 6) is -2.44. The predicted molar refractivity (Wildman–Crippen MR) is 139 cm³/mol. The van der Waals surface area contributed by atoms with Crippen molar-refractivity contribution in [2.75, 3.05) is 51.7 Å². The molecule has 2 heterocycles. The third-order valence-electron chi connectivity index (χ3n) is 6.01. The van der Waals surface area contributed by atoms with E-state index in [1.165, 1.54) is 15.9 Å². The fourth-order valence-electron chi connectivity index (χ4n) is 4.02. The van der Waals surface area contributed by atoms with E-state index in [9.17, 15) is 24.0 Å². The maximum atomic E-state index is 13.4. The molecule has 3 rings (SSSR count). The maximum Gasteiger partial charge on any atom is 0.409 e. The lowest BCUT2D eigenvalue weighted by atomic mass is 10.1. The molecule has 2 aromatic rings. The molecule has 3 amide bonds. The molecular weight excluding hydrogens is 510 g/mol. The molecule has 0 saturated carbocycles. The summed E-state index contributed by atoms with van der Waals surface area (Å²) in [7, 11) is 0. The molecule has 39 heavy (non-hydrogen) atoms. The van der Waals surface area contributed by atoms with Gasteiger partial charge in [0.05, 0.1) is 18.7 Å². The van der Waals surface area contributed by atoms with E-state index in [0.717, 1.165) is 0 Å². The molecule has 13 nitrogen and oxygen atoms in total. The number of anilines is 1. The number of nitrogen functional groups attached to an aromatic ring is 1. The molecule has 1 aromatic carbocycles. The van der Waals surface area contributed by atoms with Crippen molar-refractivity contribution in [2.24, 2.45) is 0 Å². The number of hydrogen-bond donors (Lipinski definition) is 2. The number of rotatable bonds is 10. The zero-order chi connectivity index (χ0) is 28.4. The molecule has 1 fully saturated rings. The average Bonchev–Trinajstić information content (AvgIpc) is 2.94. The number of ether oxygens (including phenoxy) is 3. The van der Waals surface area contributed by atoms with E-state index in [1.807, 2.05) is 0 Å². The number of aromatic nitrogens is 1. The molecule has 0 aliphatic carbocycles. The molecule has 3 N–H and O–H groups in total. The lowest BCUT2D eigenvalue weighted by Gasteiger charge is -2.36. The van der Waals surface area contributed by atoms with Crippen molar-refractivity contribution >= 4 is 46.4 Å². The molecule has 0 bridgehead atoms. The molecule has 1 saturated heterocycles. The summed E-state index contributed by atoms with van der Waals surface area (Å²) >= 11 is 0. The second-order valence-electron chi connectivity index (χ2n) is 8.65. The fraction of sp³-hybridized carbons (Fsp3) is 0.462. The summed E-state index contributed by atoms with van der Waals surface area (Å²) in [6.45, 7) is 4.17. The Morgan fingerprint density at radius 3 is 2.31 bits per heavy atom. The predicted octanol–water partition coefficient (Wildman–Crippen LogP) is 1.10. The Bertz CT molecular complexity index is 1210. The summed E-state index contributed by atoms with van der Waals surface area (Å²) in [5, 5.41) is 3.36. The van der Waals surface area contributed by atoms with Gasteiger partial charge in [-0.3, -0.25) is 14.4 Å². The first-order valence-electron chi connectivity index (χ1n) is 12.7. The number of pyridine rings is 1. The number of nitrogens with zero attached hydrogens (tertiary/aromatic N) is 3. The van der Waals surface area contributed by atoms with Crippen molar-refractivity contribution in [3.05, 3.63) is 36.0 Å². The van der Waals surface area contributed by atoms with Gasteiger partial charge in [0.15, 0.2) is 6.61 Å². The summed E-state index contributed by atoms with van der Waals surface area (Å²) in [6.07, 6.45) is -0.771. The van der Waals surface area contributed by atoms with Crippen LogP contribution in [0, 0.1) is 0 Å². The molecule has 1 aliphatic heterocycles. The standard InChI is InChI=1S/C26H33N5O8/c1-3-37-23(33)16-39-22(32)11-10-21(25(35)30-12-14-31(15-13-30)26(36)38-4-2)29-24(34)20-9-8-17-18(27)6-5-7-19(17)28-20/h5-9,21H,3-4,10-16,27H2,1-2H3,(H,29,34). The number of nitrogens with two attached hydrogens (primary N) is 1. The molecule has 1 atom stereocenters. The fourth-order valence-corrected chi connectivity index (χ4v) is 4.02. The highest BCUT2D eigenvalue weighted by Gasteiger charge is 2.31.